The van der Waals surface area contributed by atoms with Gasteiger partial charge >= 0.3 is 34.7 Å². The van der Waals surface area contributed by atoms with Crippen molar-refractivity contribution in [3.8, 4) is 0 Å². The molecule has 0 amide bonds. The molecule has 0 aromatic carbocycles. The maximum Gasteiger partial charge on any atom is 3.00 e. The van der Waals surface area contributed by atoms with Crippen LogP contribution in [0.5, 0.6) is 0 Å². The minimum Gasteiger partial charge on any atom is -0.759 e. The van der Waals surface area contributed by atoms with E-state index in [4.69, 9.17) is 52.6 Å². The minimum absolute atomic E-state index is 0. The van der Waals surface area contributed by atoms with Crippen LogP contribution in [-0.4, -0.2) is 96.4 Å². The molecule has 2 radical (unpaired) electrons. The number of rotatable bonds is 0. The second-order valence-electron chi connectivity index (χ2n) is 1.22. The van der Waals surface area contributed by atoms with Crippen LogP contribution in [0.15, 0.2) is 0 Å². The van der Waals surface area contributed by atoms with Crippen LogP contribution < -0.4 is 0 Å². The van der Waals surface area contributed by atoms with Gasteiger partial charge in [0.05, 0.1) is 0 Å². The zero-order valence-electron chi connectivity index (χ0n) is 10.9. The summed E-state index contributed by atoms with van der Waals surface area (Å²) in [4.78, 5) is 0. The van der Waals surface area contributed by atoms with Gasteiger partial charge in [-0.1, -0.05) is 0 Å². The SMILES string of the molecule is O.O.O.O.O.O.O.O.O=S(=O)([O-])[O-].O=S(=O)([O-])[O-].O=S(=O)([O-])[O-].[Cr+3].[Cr+3]. The largest absolute Gasteiger partial charge is 3.00 e. The summed E-state index contributed by atoms with van der Waals surface area (Å²) in [6.45, 7) is 0. The van der Waals surface area contributed by atoms with Gasteiger partial charge in [-0.25, -0.2) is 0 Å². The zero-order chi connectivity index (χ0) is 13.5. The summed E-state index contributed by atoms with van der Waals surface area (Å²) in [7, 11) is -15.5. The van der Waals surface area contributed by atoms with E-state index in [9.17, 15) is 0 Å². The average Bonchev–Trinajstić information content (AvgIpc) is 1.41. The Labute approximate surface area is 162 Å². The predicted molar refractivity (Wildman–Crippen MR) is 60.3 cm³/mol. The van der Waals surface area contributed by atoms with E-state index in [0.717, 1.165) is 0 Å². The standard InChI is InChI=1S/2Cr.3H2O4S.8H2O/c;;3*1-5(2,3)4;;;;;;;;/h;;3*(H2,1,2,3,4);8*1H2/q2*+3;;;;;;;;;;;/p-6. The Morgan fingerprint density at radius 3 is 0.320 bits per heavy atom. The molecule has 0 heterocycles. The van der Waals surface area contributed by atoms with Crippen LogP contribution >= 0.6 is 0 Å². The molecular weight excluding hydrogens is 520 g/mol. The molecule has 20 nitrogen and oxygen atoms in total. The van der Waals surface area contributed by atoms with Gasteiger partial charge in [-0.15, -0.1) is 0 Å². The molecule has 0 aromatic heterocycles. The van der Waals surface area contributed by atoms with Crippen LogP contribution in [0.25, 0.3) is 0 Å². The van der Waals surface area contributed by atoms with Gasteiger partial charge in [0, 0.05) is 31.2 Å². The third-order valence-electron chi connectivity index (χ3n) is 0. The van der Waals surface area contributed by atoms with Crippen molar-refractivity contribution in [3.63, 3.8) is 0 Å². The molecule has 0 saturated heterocycles. The monoisotopic (exact) mass is 536 g/mol. The Bertz CT molecular complexity index is 344. The smallest absolute Gasteiger partial charge is 0.759 e. The van der Waals surface area contributed by atoms with E-state index in [2.05, 4.69) is 0 Å². The van der Waals surface area contributed by atoms with Gasteiger partial charge < -0.3 is 71.1 Å². The molecule has 0 rings (SSSR count). The molecule has 25 heteroatoms. The number of hydrogen-bond acceptors (Lipinski definition) is 12. The molecule has 0 spiro atoms. The van der Waals surface area contributed by atoms with Crippen molar-refractivity contribution in [1.82, 2.24) is 0 Å². The van der Waals surface area contributed by atoms with Gasteiger partial charge in [0.1, 0.15) is 0 Å². The molecule has 0 bridgehead atoms. The van der Waals surface area contributed by atoms with Crippen molar-refractivity contribution in [2.24, 2.45) is 0 Å². The summed E-state index contributed by atoms with van der Waals surface area (Å²) in [6, 6.07) is 0. The zero-order valence-corrected chi connectivity index (χ0v) is 15.9. The quantitative estimate of drug-likeness (QED) is 0.206. The summed E-state index contributed by atoms with van der Waals surface area (Å²) in [5.41, 5.74) is 0. The maximum absolute atomic E-state index is 8.52. The molecule has 0 aliphatic rings. The van der Waals surface area contributed by atoms with Gasteiger partial charge in [0.15, 0.2) is 0 Å². The molecule has 0 unspecified atom stereocenters. The van der Waals surface area contributed by atoms with Crippen LogP contribution in [0, 0.1) is 0 Å². The number of hydrogen-bond donors (Lipinski definition) is 0. The third kappa shape index (κ3) is 96600. The molecule has 0 saturated carbocycles. The Morgan fingerprint density at radius 1 is 0.320 bits per heavy atom. The van der Waals surface area contributed by atoms with E-state index in [1.165, 1.54) is 0 Å². The van der Waals surface area contributed by atoms with Crippen LogP contribution in [0.4, 0.5) is 0 Å². The third-order valence-corrected chi connectivity index (χ3v) is 0. The van der Waals surface area contributed by atoms with Gasteiger partial charge in [0.25, 0.3) is 0 Å². The second-order valence-corrected chi connectivity index (χ2v) is 3.67. The Morgan fingerprint density at radius 2 is 0.320 bits per heavy atom. The molecule has 0 aliphatic heterocycles. The van der Waals surface area contributed by atoms with Crippen molar-refractivity contribution < 1.29 is 131 Å². The van der Waals surface area contributed by atoms with Crippen molar-refractivity contribution >= 4 is 31.2 Å². The molecule has 0 aromatic rings. The van der Waals surface area contributed by atoms with E-state index in [-0.39, 0.29) is 78.5 Å². The predicted octanol–water partition coefficient (Wildman–Crippen LogP) is -10.6. The van der Waals surface area contributed by atoms with E-state index in [0.29, 0.717) is 0 Å². The topological polar surface area (TPSA) is 493 Å². The molecule has 16 N–H and O–H groups in total. The molecule has 0 aliphatic carbocycles. The summed E-state index contributed by atoms with van der Waals surface area (Å²) < 4.78 is 102. The minimum atomic E-state index is -5.17. The van der Waals surface area contributed by atoms with Gasteiger partial charge in [-0.05, 0) is 0 Å². The molecule has 25 heavy (non-hydrogen) atoms. The normalized spacial score (nSPS) is 6.96. The Hall–Kier alpha value is 0.355. The van der Waals surface area contributed by atoms with E-state index < -0.39 is 31.2 Å². The maximum atomic E-state index is 8.52. The Balaban J connectivity index is -0.00000000655. The summed E-state index contributed by atoms with van der Waals surface area (Å²) in [5, 5.41) is 0. The van der Waals surface area contributed by atoms with E-state index >= 15 is 0 Å². The van der Waals surface area contributed by atoms with Crippen LogP contribution in [0.2, 0.25) is 0 Å². The summed E-state index contributed by atoms with van der Waals surface area (Å²) in [6.07, 6.45) is 0. The molecule has 0 fully saturated rings. The average molecular weight is 536 g/mol. The first-order valence-electron chi connectivity index (χ1n) is 2.00. The Kier molecular flexibility index (Phi) is 155. The first kappa shape index (κ1) is 98.5. The van der Waals surface area contributed by atoms with Crippen molar-refractivity contribution in [3.05, 3.63) is 0 Å². The fraction of sp³-hybridized carbons (Fsp3) is 0. The van der Waals surface area contributed by atoms with Gasteiger partial charge in [-0.3, -0.25) is 25.3 Å². The van der Waals surface area contributed by atoms with Crippen LogP contribution in [-0.2, 0) is 65.9 Å². The molecule has 0 atom stereocenters. The van der Waals surface area contributed by atoms with E-state index in [1.54, 1.807) is 0 Å². The second kappa shape index (κ2) is 39.4. The van der Waals surface area contributed by atoms with Crippen LogP contribution in [0.1, 0.15) is 0 Å². The van der Waals surface area contributed by atoms with Gasteiger partial charge in [0.2, 0.25) is 0 Å². The van der Waals surface area contributed by atoms with Crippen molar-refractivity contribution in [1.29, 1.82) is 0 Å². The van der Waals surface area contributed by atoms with Crippen molar-refractivity contribution in [2.45, 2.75) is 0 Å². The fourth-order valence-electron chi connectivity index (χ4n) is 0. The molecule has 166 valence electrons. The van der Waals surface area contributed by atoms with Crippen molar-refractivity contribution in [2.75, 3.05) is 0 Å². The first-order valence-corrected chi connectivity index (χ1v) is 6.00. The molecular formula is H16Cr2O20S3. The first-order chi connectivity index (χ1) is 6.00. The fourth-order valence-corrected chi connectivity index (χ4v) is 0. The van der Waals surface area contributed by atoms with Crippen LogP contribution in [0.3, 0.4) is 0 Å². The summed E-state index contributed by atoms with van der Waals surface area (Å²) in [5.74, 6) is 0. The summed E-state index contributed by atoms with van der Waals surface area (Å²) >= 11 is 0. The van der Waals surface area contributed by atoms with E-state index in [1.807, 2.05) is 0 Å². The van der Waals surface area contributed by atoms with Gasteiger partial charge in [-0.2, -0.15) is 0 Å².